The lowest BCUT2D eigenvalue weighted by Crippen LogP contribution is -2.37. The summed E-state index contributed by atoms with van der Waals surface area (Å²) in [5.41, 5.74) is 0. The van der Waals surface area contributed by atoms with Gasteiger partial charge in [0.2, 0.25) is 5.91 Å². The second kappa shape index (κ2) is 9.89. The predicted molar refractivity (Wildman–Crippen MR) is 56.8 cm³/mol. The first-order valence-electron chi connectivity index (χ1n) is 5.00. The highest BCUT2D eigenvalue weighted by Crippen LogP contribution is 1.94. The summed E-state index contributed by atoms with van der Waals surface area (Å²) in [6.07, 6.45) is 0.829. The second-order valence-electron chi connectivity index (χ2n) is 3.15. The smallest absolute Gasteiger partial charge is 0.248 e. The molecule has 0 aromatic carbocycles. The van der Waals surface area contributed by atoms with E-state index in [-0.39, 0.29) is 12.5 Å². The van der Waals surface area contributed by atoms with Crippen LogP contribution in [0.2, 0.25) is 0 Å². The van der Waals surface area contributed by atoms with Crippen LogP contribution in [0.4, 0.5) is 0 Å². The van der Waals surface area contributed by atoms with Crippen molar-refractivity contribution in [2.24, 2.45) is 0 Å². The lowest BCUT2D eigenvalue weighted by molar-refractivity contribution is -0.136. The van der Waals surface area contributed by atoms with Crippen LogP contribution in [0.25, 0.3) is 0 Å². The van der Waals surface area contributed by atoms with E-state index in [9.17, 15) is 4.79 Å². The second-order valence-corrected chi connectivity index (χ2v) is 3.15. The van der Waals surface area contributed by atoms with E-state index < -0.39 is 0 Å². The molecular weight excluding hydrogens is 198 g/mol. The number of methoxy groups -OCH3 is 3. The fourth-order valence-electron chi connectivity index (χ4n) is 1.18. The summed E-state index contributed by atoms with van der Waals surface area (Å²) in [5.74, 6) is -0.00865. The minimum absolute atomic E-state index is 0.00865. The van der Waals surface area contributed by atoms with Gasteiger partial charge < -0.3 is 19.1 Å². The molecule has 0 saturated carbocycles. The van der Waals surface area contributed by atoms with Gasteiger partial charge in [0, 0.05) is 41.0 Å². The number of hydrogen-bond acceptors (Lipinski definition) is 4. The highest BCUT2D eigenvalue weighted by atomic mass is 16.5. The topological polar surface area (TPSA) is 48.0 Å². The monoisotopic (exact) mass is 219 g/mol. The normalized spacial score (nSPS) is 10.3. The van der Waals surface area contributed by atoms with E-state index in [1.54, 1.807) is 19.1 Å². The number of ether oxygens (including phenoxy) is 3. The van der Waals surface area contributed by atoms with Gasteiger partial charge in [0.15, 0.2) is 0 Å². The Kier molecular flexibility index (Phi) is 9.46. The van der Waals surface area contributed by atoms with Crippen molar-refractivity contribution >= 4 is 5.91 Å². The first kappa shape index (κ1) is 14.3. The summed E-state index contributed by atoms with van der Waals surface area (Å²) < 4.78 is 14.7. The zero-order valence-corrected chi connectivity index (χ0v) is 9.82. The van der Waals surface area contributed by atoms with Crippen molar-refractivity contribution in [1.29, 1.82) is 0 Å². The van der Waals surface area contributed by atoms with Crippen molar-refractivity contribution in [1.82, 2.24) is 4.90 Å². The minimum Gasteiger partial charge on any atom is -0.385 e. The van der Waals surface area contributed by atoms with Crippen molar-refractivity contribution in [3.05, 3.63) is 0 Å². The van der Waals surface area contributed by atoms with E-state index in [2.05, 4.69) is 0 Å². The van der Waals surface area contributed by atoms with Gasteiger partial charge in [0.05, 0.1) is 6.61 Å². The van der Waals surface area contributed by atoms with E-state index in [1.165, 1.54) is 7.11 Å². The number of nitrogens with zero attached hydrogens (tertiary/aromatic N) is 1. The molecule has 90 valence electrons. The minimum atomic E-state index is -0.00865. The first-order chi connectivity index (χ1) is 7.26. The van der Waals surface area contributed by atoms with Crippen LogP contribution < -0.4 is 0 Å². The third kappa shape index (κ3) is 7.30. The Bertz CT molecular complexity index is 164. The van der Waals surface area contributed by atoms with Gasteiger partial charge in [-0.3, -0.25) is 4.79 Å². The summed E-state index contributed by atoms with van der Waals surface area (Å²) in [5, 5.41) is 0. The van der Waals surface area contributed by atoms with Crippen molar-refractivity contribution in [2.75, 3.05) is 54.2 Å². The fraction of sp³-hybridized carbons (Fsp3) is 0.900. The van der Waals surface area contributed by atoms with Crippen molar-refractivity contribution in [3.8, 4) is 0 Å². The van der Waals surface area contributed by atoms with E-state index in [0.717, 1.165) is 6.42 Å². The number of rotatable bonds is 9. The molecule has 0 spiro atoms. The van der Waals surface area contributed by atoms with Gasteiger partial charge in [0.25, 0.3) is 0 Å². The molecule has 0 aliphatic carbocycles. The Hall–Kier alpha value is -0.650. The van der Waals surface area contributed by atoms with Crippen LogP contribution in [0.5, 0.6) is 0 Å². The molecule has 0 fully saturated rings. The SMILES string of the molecule is COCCCN(CCOC)C(=O)COC. The van der Waals surface area contributed by atoms with Gasteiger partial charge in [-0.15, -0.1) is 0 Å². The number of amides is 1. The Balaban J connectivity index is 3.87. The van der Waals surface area contributed by atoms with Crippen LogP contribution in [0, 0.1) is 0 Å². The van der Waals surface area contributed by atoms with E-state index in [0.29, 0.717) is 26.3 Å². The Morgan fingerprint density at radius 1 is 1.00 bits per heavy atom. The maximum Gasteiger partial charge on any atom is 0.248 e. The Morgan fingerprint density at radius 3 is 2.20 bits per heavy atom. The Morgan fingerprint density at radius 2 is 1.67 bits per heavy atom. The fourth-order valence-corrected chi connectivity index (χ4v) is 1.18. The average molecular weight is 219 g/mol. The molecule has 0 aliphatic rings. The van der Waals surface area contributed by atoms with Gasteiger partial charge in [-0.1, -0.05) is 0 Å². The Labute approximate surface area is 91.3 Å². The molecule has 0 unspecified atom stereocenters. The number of hydrogen-bond donors (Lipinski definition) is 0. The van der Waals surface area contributed by atoms with Gasteiger partial charge in [-0.25, -0.2) is 0 Å². The molecule has 1 amide bonds. The maximum atomic E-state index is 11.5. The van der Waals surface area contributed by atoms with Gasteiger partial charge in [-0.2, -0.15) is 0 Å². The van der Waals surface area contributed by atoms with E-state index in [4.69, 9.17) is 14.2 Å². The van der Waals surface area contributed by atoms with Gasteiger partial charge in [0.1, 0.15) is 6.61 Å². The van der Waals surface area contributed by atoms with Gasteiger partial charge in [-0.05, 0) is 6.42 Å². The molecule has 5 nitrogen and oxygen atoms in total. The molecular formula is C10H21NO4. The third-order valence-electron chi connectivity index (χ3n) is 1.96. The predicted octanol–water partition coefficient (Wildman–Crippen LogP) is 0.144. The van der Waals surface area contributed by atoms with E-state index >= 15 is 0 Å². The molecule has 0 aliphatic heterocycles. The average Bonchev–Trinajstić information content (AvgIpc) is 2.23. The zero-order valence-electron chi connectivity index (χ0n) is 9.82. The standard InChI is InChI=1S/C10H21NO4/c1-13-7-4-5-11(6-8-14-2)10(12)9-15-3/h4-9H2,1-3H3. The molecule has 0 N–H and O–H groups in total. The summed E-state index contributed by atoms with van der Waals surface area (Å²) in [7, 11) is 4.78. The lowest BCUT2D eigenvalue weighted by atomic mass is 10.3. The van der Waals surface area contributed by atoms with Crippen LogP contribution >= 0.6 is 0 Å². The molecule has 0 aromatic heterocycles. The van der Waals surface area contributed by atoms with Crippen molar-refractivity contribution in [3.63, 3.8) is 0 Å². The van der Waals surface area contributed by atoms with E-state index in [1.807, 2.05) is 0 Å². The van der Waals surface area contributed by atoms with Crippen LogP contribution in [0.1, 0.15) is 6.42 Å². The summed E-state index contributed by atoms with van der Waals surface area (Å²) >= 11 is 0. The summed E-state index contributed by atoms with van der Waals surface area (Å²) in [6, 6.07) is 0. The zero-order chi connectivity index (χ0) is 11.5. The maximum absolute atomic E-state index is 11.5. The van der Waals surface area contributed by atoms with Crippen LogP contribution in [0.3, 0.4) is 0 Å². The quantitative estimate of drug-likeness (QED) is 0.518. The highest BCUT2D eigenvalue weighted by molar-refractivity contribution is 5.77. The molecule has 0 aromatic rings. The van der Waals surface area contributed by atoms with Crippen LogP contribution in [-0.4, -0.2) is 65.0 Å². The number of carbonyl (C=O) groups excluding carboxylic acids is 1. The van der Waals surface area contributed by atoms with Gasteiger partial charge >= 0.3 is 0 Å². The van der Waals surface area contributed by atoms with Crippen LogP contribution in [0.15, 0.2) is 0 Å². The van der Waals surface area contributed by atoms with Crippen molar-refractivity contribution in [2.45, 2.75) is 6.42 Å². The van der Waals surface area contributed by atoms with Crippen molar-refractivity contribution < 1.29 is 19.0 Å². The molecule has 0 radical (unpaired) electrons. The lowest BCUT2D eigenvalue weighted by Gasteiger charge is -2.21. The molecule has 0 rings (SSSR count). The first-order valence-corrected chi connectivity index (χ1v) is 5.00. The number of carbonyl (C=O) groups is 1. The highest BCUT2D eigenvalue weighted by Gasteiger charge is 2.11. The largest absolute Gasteiger partial charge is 0.385 e. The molecule has 0 atom stereocenters. The molecule has 15 heavy (non-hydrogen) atoms. The molecule has 0 bridgehead atoms. The third-order valence-corrected chi connectivity index (χ3v) is 1.96. The molecule has 5 heteroatoms. The summed E-state index contributed by atoms with van der Waals surface area (Å²) in [4.78, 5) is 13.3. The summed E-state index contributed by atoms with van der Waals surface area (Å²) in [6.45, 7) is 2.60. The molecule has 0 heterocycles. The van der Waals surface area contributed by atoms with Crippen LogP contribution in [-0.2, 0) is 19.0 Å². The molecule has 0 saturated heterocycles.